The van der Waals surface area contributed by atoms with Gasteiger partial charge < -0.3 is 9.73 Å². The second kappa shape index (κ2) is 4.75. The minimum Gasteiger partial charge on any atom is -0.468 e. The molecule has 2 aromatic heterocycles. The molecule has 0 amide bonds. The molecule has 0 fully saturated rings. The Morgan fingerprint density at radius 2 is 2.18 bits per heavy atom. The molecule has 2 heterocycles. The molecule has 92 valence electrons. The molecule has 17 heavy (non-hydrogen) atoms. The molecule has 0 aliphatic carbocycles. The van der Waals surface area contributed by atoms with Gasteiger partial charge in [0.05, 0.1) is 24.5 Å². The summed E-state index contributed by atoms with van der Waals surface area (Å²) in [7, 11) is 0. The van der Waals surface area contributed by atoms with Crippen molar-refractivity contribution in [3.05, 3.63) is 42.1 Å². The highest BCUT2D eigenvalue weighted by Gasteiger charge is 2.13. The maximum Gasteiger partial charge on any atom is 0.117 e. The Hall–Kier alpha value is -1.55. The monoisotopic (exact) mass is 233 g/mol. The first kappa shape index (κ1) is 11.9. The van der Waals surface area contributed by atoms with Crippen LogP contribution in [0.5, 0.6) is 0 Å². The second-order valence-corrected chi connectivity index (χ2v) is 5.15. The number of hydrogen-bond donors (Lipinski definition) is 1. The number of rotatable bonds is 4. The predicted molar refractivity (Wildman–Crippen MR) is 66.5 cm³/mol. The van der Waals surface area contributed by atoms with Crippen LogP contribution < -0.4 is 5.32 Å². The van der Waals surface area contributed by atoms with Crippen molar-refractivity contribution in [3.8, 4) is 0 Å². The molecule has 0 atom stereocenters. The van der Waals surface area contributed by atoms with Gasteiger partial charge in [0.2, 0.25) is 0 Å². The number of nitrogens with zero attached hydrogens (tertiary/aromatic N) is 2. The van der Waals surface area contributed by atoms with Gasteiger partial charge in [-0.1, -0.05) is 0 Å². The summed E-state index contributed by atoms with van der Waals surface area (Å²) >= 11 is 0. The van der Waals surface area contributed by atoms with E-state index in [0.717, 1.165) is 18.8 Å². The standard InChI is InChI=1S/C13H19N3O/c1-13(2,3)16-10-11(8-15-16)7-14-9-12-5-4-6-17-12/h4-6,8,10,14H,7,9H2,1-3H3. The van der Waals surface area contributed by atoms with Gasteiger partial charge in [-0.15, -0.1) is 0 Å². The molecule has 1 N–H and O–H groups in total. The third kappa shape index (κ3) is 3.20. The Bertz CT molecular complexity index is 451. The first-order chi connectivity index (χ1) is 8.05. The minimum atomic E-state index is 0.0409. The van der Waals surface area contributed by atoms with Crippen LogP contribution in [0.25, 0.3) is 0 Å². The van der Waals surface area contributed by atoms with Crippen molar-refractivity contribution >= 4 is 0 Å². The van der Waals surface area contributed by atoms with Gasteiger partial charge in [0, 0.05) is 18.3 Å². The lowest BCUT2D eigenvalue weighted by Gasteiger charge is -2.18. The number of furan rings is 1. The molecule has 2 aromatic rings. The van der Waals surface area contributed by atoms with Gasteiger partial charge in [-0.2, -0.15) is 5.10 Å². The van der Waals surface area contributed by atoms with Gasteiger partial charge in [0.15, 0.2) is 0 Å². The maximum atomic E-state index is 5.25. The SMILES string of the molecule is CC(C)(C)n1cc(CNCc2ccco2)cn1. The summed E-state index contributed by atoms with van der Waals surface area (Å²) in [6.45, 7) is 7.96. The average molecular weight is 233 g/mol. The van der Waals surface area contributed by atoms with Crippen LogP contribution in [0.2, 0.25) is 0 Å². The van der Waals surface area contributed by atoms with Crippen LogP contribution in [0.1, 0.15) is 32.1 Å². The van der Waals surface area contributed by atoms with Crippen molar-refractivity contribution in [3.63, 3.8) is 0 Å². The van der Waals surface area contributed by atoms with Crippen molar-refractivity contribution in [1.82, 2.24) is 15.1 Å². The number of nitrogens with one attached hydrogen (secondary N) is 1. The molecule has 0 unspecified atom stereocenters. The topological polar surface area (TPSA) is 43.0 Å². The van der Waals surface area contributed by atoms with Crippen molar-refractivity contribution in [1.29, 1.82) is 0 Å². The van der Waals surface area contributed by atoms with Gasteiger partial charge in [-0.05, 0) is 32.9 Å². The van der Waals surface area contributed by atoms with Crippen molar-refractivity contribution in [2.75, 3.05) is 0 Å². The summed E-state index contributed by atoms with van der Waals surface area (Å²) in [6.07, 6.45) is 5.67. The van der Waals surface area contributed by atoms with E-state index < -0.39 is 0 Å². The summed E-state index contributed by atoms with van der Waals surface area (Å²) in [5.41, 5.74) is 1.23. The van der Waals surface area contributed by atoms with Crippen LogP contribution in [-0.2, 0) is 18.6 Å². The first-order valence-corrected chi connectivity index (χ1v) is 5.83. The zero-order chi connectivity index (χ0) is 12.3. The average Bonchev–Trinajstić information content (AvgIpc) is 2.86. The van der Waals surface area contributed by atoms with Gasteiger partial charge in [0.25, 0.3) is 0 Å². The third-order valence-electron chi connectivity index (χ3n) is 2.53. The fourth-order valence-corrected chi connectivity index (χ4v) is 1.56. The summed E-state index contributed by atoms with van der Waals surface area (Å²) in [5.74, 6) is 0.952. The molecule has 2 rings (SSSR count). The molecule has 4 nitrogen and oxygen atoms in total. The van der Waals surface area contributed by atoms with Gasteiger partial charge >= 0.3 is 0 Å². The van der Waals surface area contributed by atoms with Crippen LogP contribution >= 0.6 is 0 Å². The summed E-state index contributed by atoms with van der Waals surface area (Å²) in [5, 5.41) is 7.68. The van der Waals surface area contributed by atoms with E-state index in [2.05, 4.69) is 37.4 Å². The quantitative estimate of drug-likeness (QED) is 0.882. The Morgan fingerprint density at radius 1 is 1.35 bits per heavy atom. The Balaban J connectivity index is 1.85. The van der Waals surface area contributed by atoms with E-state index in [1.54, 1.807) is 6.26 Å². The van der Waals surface area contributed by atoms with E-state index in [-0.39, 0.29) is 5.54 Å². The lowest BCUT2D eigenvalue weighted by atomic mass is 10.1. The smallest absolute Gasteiger partial charge is 0.117 e. The van der Waals surface area contributed by atoms with Crippen LogP contribution in [-0.4, -0.2) is 9.78 Å². The van der Waals surface area contributed by atoms with Gasteiger partial charge in [-0.3, -0.25) is 4.68 Å². The van der Waals surface area contributed by atoms with E-state index in [4.69, 9.17) is 4.42 Å². The minimum absolute atomic E-state index is 0.0409. The highest BCUT2D eigenvalue weighted by molar-refractivity contribution is 5.05. The molecule has 0 radical (unpaired) electrons. The molecule has 0 aromatic carbocycles. The maximum absolute atomic E-state index is 5.25. The van der Waals surface area contributed by atoms with Crippen molar-refractivity contribution in [2.45, 2.75) is 39.4 Å². The zero-order valence-electron chi connectivity index (χ0n) is 10.6. The van der Waals surface area contributed by atoms with Gasteiger partial charge in [0.1, 0.15) is 5.76 Å². The molecule has 0 aliphatic heterocycles. The summed E-state index contributed by atoms with van der Waals surface area (Å²) in [4.78, 5) is 0. The fraction of sp³-hybridized carbons (Fsp3) is 0.462. The zero-order valence-corrected chi connectivity index (χ0v) is 10.6. The van der Waals surface area contributed by atoms with Crippen molar-refractivity contribution in [2.24, 2.45) is 0 Å². The fourth-order valence-electron chi connectivity index (χ4n) is 1.56. The molecule has 0 bridgehead atoms. The molecule has 0 saturated heterocycles. The summed E-state index contributed by atoms with van der Waals surface area (Å²) < 4.78 is 7.23. The lowest BCUT2D eigenvalue weighted by Crippen LogP contribution is -2.22. The lowest BCUT2D eigenvalue weighted by molar-refractivity contribution is 0.355. The number of aromatic nitrogens is 2. The Morgan fingerprint density at radius 3 is 2.76 bits per heavy atom. The van der Waals surface area contributed by atoms with E-state index in [1.165, 1.54) is 5.56 Å². The number of hydrogen-bond acceptors (Lipinski definition) is 3. The normalized spacial score (nSPS) is 11.9. The Labute approximate surface area is 102 Å². The highest BCUT2D eigenvalue weighted by Crippen LogP contribution is 2.13. The van der Waals surface area contributed by atoms with Crippen LogP contribution in [0, 0.1) is 0 Å². The molecule has 0 spiro atoms. The Kier molecular flexibility index (Phi) is 3.33. The molecular weight excluding hydrogens is 214 g/mol. The van der Waals surface area contributed by atoms with E-state index in [9.17, 15) is 0 Å². The second-order valence-electron chi connectivity index (χ2n) is 5.15. The van der Waals surface area contributed by atoms with Crippen LogP contribution in [0.4, 0.5) is 0 Å². The van der Waals surface area contributed by atoms with E-state index >= 15 is 0 Å². The molecular formula is C13H19N3O. The third-order valence-corrected chi connectivity index (χ3v) is 2.53. The summed E-state index contributed by atoms with van der Waals surface area (Å²) in [6, 6.07) is 3.86. The first-order valence-electron chi connectivity index (χ1n) is 5.83. The van der Waals surface area contributed by atoms with Gasteiger partial charge in [-0.25, -0.2) is 0 Å². The van der Waals surface area contributed by atoms with Crippen LogP contribution in [0.15, 0.2) is 35.2 Å². The molecule has 0 saturated carbocycles. The van der Waals surface area contributed by atoms with E-state index in [0.29, 0.717) is 0 Å². The molecule has 0 aliphatic rings. The highest BCUT2D eigenvalue weighted by atomic mass is 16.3. The predicted octanol–water partition coefficient (Wildman–Crippen LogP) is 2.52. The van der Waals surface area contributed by atoms with E-state index in [1.807, 2.05) is 23.0 Å². The molecule has 4 heteroatoms. The van der Waals surface area contributed by atoms with Crippen LogP contribution in [0.3, 0.4) is 0 Å². The largest absolute Gasteiger partial charge is 0.468 e. The van der Waals surface area contributed by atoms with Crippen molar-refractivity contribution < 1.29 is 4.42 Å².